The molecule has 0 amide bonds. The molecule has 0 saturated heterocycles. The number of aryl methyl sites for hydroxylation is 2. The zero-order valence-corrected chi connectivity index (χ0v) is 12.0. The number of hydrogen-bond acceptors (Lipinski definition) is 6. The van der Waals surface area contributed by atoms with Crippen LogP contribution in [0.25, 0.3) is 0 Å². The highest BCUT2D eigenvalue weighted by Gasteiger charge is 2.19. The summed E-state index contributed by atoms with van der Waals surface area (Å²) >= 11 is 0. The molecule has 0 fully saturated rings. The van der Waals surface area contributed by atoms with E-state index in [-0.39, 0.29) is 11.4 Å². The van der Waals surface area contributed by atoms with Crippen LogP contribution in [0, 0.1) is 10.1 Å². The molecule has 0 saturated carbocycles. The molecule has 4 N–H and O–H groups in total. The number of nitrogens with zero attached hydrogens (tertiary/aromatic N) is 3. The van der Waals surface area contributed by atoms with E-state index in [2.05, 4.69) is 15.8 Å². The summed E-state index contributed by atoms with van der Waals surface area (Å²) in [6.07, 6.45) is 2.72. The fourth-order valence-corrected chi connectivity index (χ4v) is 2.22. The number of nitro groups is 1. The van der Waals surface area contributed by atoms with Gasteiger partial charge in [-0.25, -0.2) is 0 Å². The molecule has 0 radical (unpaired) electrons. The van der Waals surface area contributed by atoms with Gasteiger partial charge < -0.3 is 10.7 Å². The molecule has 0 aliphatic heterocycles. The number of aromatic nitrogens is 2. The van der Waals surface area contributed by atoms with Crippen molar-refractivity contribution < 1.29 is 4.92 Å². The summed E-state index contributed by atoms with van der Waals surface area (Å²) in [5.41, 5.74) is 4.95. The van der Waals surface area contributed by atoms with Crippen LogP contribution in [0.2, 0.25) is 0 Å². The second-order valence-electron chi connectivity index (χ2n) is 4.58. The smallest absolute Gasteiger partial charge is 0.316 e. The normalized spacial score (nSPS) is 10.4. The van der Waals surface area contributed by atoms with Crippen LogP contribution in [-0.4, -0.2) is 14.7 Å². The first-order chi connectivity index (χ1) is 10.1. The molecular formula is C13H18N6O2. The fourth-order valence-electron chi connectivity index (χ4n) is 2.22. The van der Waals surface area contributed by atoms with Crippen molar-refractivity contribution >= 4 is 17.1 Å². The van der Waals surface area contributed by atoms with Gasteiger partial charge in [0.25, 0.3) is 0 Å². The third kappa shape index (κ3) is 3.11. The monoisotopic (exact) mass is 290 g/mol. The average Bonchev–Trinajstić information content (AvgIpc) is 2.84. The lowest BCUT2D eigenvalue weighted by Crippen LogP contribution is -2.11. The summed E-state index contributed by atoms with van der Waals surface area (Å²) in [5, 5.41) is 18.6. The van der Waals surface area contributed by atoms with E-state index in [1.54, 1.807) is 22.9 Å². The minimum atomic E-state index is -0.457. The molecule has 2 aromatic rings. The molecule has 0 atom stereocenters. The first-order valence-corrected chi connectivity index (χ1v) is 6.56. The van der Waals surface area contributed by atoms with Gasteiger partial charge in [-0.15, -0.1) is 0 Å². The lowest BCUT2D eigenvalue weighted by Gasteiger charge is -2.09. The van der Waals surface area contributed by atoms with E-state index in [0.29, 0.717) is 12.2 Å². The topological polar surface area (TPSA) is 111 Å². The molecule has 8 nitrogen and oxygen atoms in total. The lowest BCUT2D eigenvalue weighted by atomic mass is 10.2. The molecule has 1 heterocycles. The lowest BCUT2D eigenvalue weighted by molar-refractivity contribution is -0.383. The summed E-state index contributed by atoms with van der Waals surface area (Å²) in [6, 6.07) is 4.92. The predicted octanol–water partition coefficient (Wildman–Crippen LogP) is 1.79. The minimum Gasteiger partial charge on any atom is -0.375 e. The van der Waals surface area contributed by atoms with Crippen molar-refractivity contribution in [2.24, 2.45) is 12.9 Å². The number of para-hydroxylation sites is 1. The molecule has 0 bridgehead atoms. The number of nitrogens with one attached hydrogen (secondary N) is 2. The highest BCUT2D eigenvalue weighted by Crippen LogP contribution is 2.32. The zero-order chi connectivity index (χ0) is 15.4. The van der Waals surface area contributed by atoms with Gasteiger partial charge in [-0.3, -0.25) is 20.6 Å². The first-order valence-electron chi connectivity index (χ1n) is 6.56. The number of rotatable bonds is 6. The van der Waals surface area contributed by atoms with Crippen molar-refractivity contribution in [3.8, 4) is 0 Å². The molecule has 8 heteroatoms. The molecular weight excluding hydrogens is 272 g/mol. The number of hydrazine groups is 1. The molecule has 1 aromatic heterocycles. The molecule has 0 spiro atoms. The Hall–Kier alpha value is -2.61. The van der Waals surface area contributed by atoms with Crippen molar-refractivity contribution in [2.45, 2.75) is 19.9 Å². The number of nitrogen functional groups attached to an aromatic ring is 1. The van der Waals surface area contributed by atoms with Gasteiger partial charge in [0.05, 0.1) is 10.6 Å². The SMILES string of the molecule is CCc1nn(C)cc1CNc1cccc(NN)c1[N+](=O)[O-]. The molecule has 21 heavy (non-hydrogen) atoms. The number of nitro benzene ring substituents is 1. The van der Waals surface area contributed by atoms with Gasteiger partial charge >= 0.3 is 5.69 Å². The third-order valence-corrected chi connectivity index (χ3v) is 3.17. The Morgan fingerprint density at radius 1 is 1.43 bits per heavy atom. The molecule has 0 unspecified atom stereocenters. The number of hydrogen-bond donors (Lipinski definition) is 3. The molecule has 0 aliphatic carbocycles. The van der Waals surface area contributed by atoms with Crippen LogP contribution in [0.1, 0.15) is 18.2 Å². The van der Waals surface area contributed by atoms with Crippen molar-refractivity contribution in [2.75, 3.05) is 10.7 Å². The van der Waals surface area contributed by atoms with E-state index in [4.69, 9.17) is 5.84 Å². The van der Waals surface area contributed by atoms with Crippen LogP contribution >= 0.6 is 0 Å². The average molecular weight is 290 g/mol. The van der Waals surface area contributed by atoms with Crippen LogP contribution in [0.3, 0.4) is 0 Å². The van der Waals surface area contributed by atoms with Gasteiger partial charge in [-0.1, -0.05) is 13.0 Å². The van der Waals surface area contributed by atoms with Gasteiger partial charge in [-0.2, -0.15) is 5.10 Å². The van der Waals surface area contributed by atoms with Crippen LogP contribution in [0.5, 0.6) is 0 Å². The van der Waals surface area contributed by atoms with Crippen LogP contribution < -0.4 is 16.6 Å². The third-order valence-electron chi connectivity index (χ3n) is 3.17. The molecule has 112 valence electrons. The van der Waals surface area contributed by atoms with E-state index >= 15 is 0 Å². The van der Waals surface area contributed by atoms with Crippen molar-refractivity contribution in [1.82, 2.24) is 9.78 Å². The van der Waals surface area contributed by atoms with Crippen molar-refractivity contribution in [1.29, 1.82) is 0 Å². The summed E-state index contributed by atoms with van der Waals surface area (Å²) in [5.74, 6) is 5.32. The maximum atomic E-state index is 11.2. The van der Waals surface area contributed by atoms with E-state index in [9.17, 15) is 10.1 Å². The largest absolute Gasteiger partial charge is 0.375 e. The van der Waals surface area contributed by atoms with Gasteiger partial charge in [0.1, 0.15) is 11.4 Å². The highest BCUT2D eigenvalue weighted by molar-refractivity contribution is 5.75. The number of benzene rings is 1. The van der Waals surface area contributed by atoms with Crippen molar-refractivity contribution in [3.05, 3.63) is 45.8 Å². The summed E-state index contributed by atoms with van der Waals surface area (Å²) in [4.78, 5) is 10.7. The Bertz CT molecular complexity index is 652. The molecule has 0 aliphatic rings. The van der Waals surface area contributed by atoms with Crippen LogP contribution in [0.15, 0.2) is 24.4 Å². The van der Waals surface area contributed by atoms with Gasteiger partial charge in [-0.05, 0) is 18.6 Å². The highest BCUT2D eigenvalue weighted by atomic mass is 16.6. The standard InChI is InChI=1S/C13H18N6O2/c1-3-10-9(8-18(2)17-10)7-15-11-5-4-6-12(16-14)13(11)19(20)21/h4-6,8,15-16H,3,7,14H2,1-2H3. The quantitative estimate of drug-likeness (QED) is 0.425. The second kappa shape index (κ2) is 6.23. The fraction of sp³-hybridized carbons (Fsp3) is 0.308. The van der Waals surface area contributed by atoms with Gasteiger partial charge in [0, 0.05) is 25.4 Å². The maximum Gasteiger partial charge on any atom is 0.316 e. The Morgan fingerprint density at radius 3 is 2.76 bits per heavy atom. The Morgan fingerprint density at radius 2 is 2.14 bits per heavy atom. The van der Waals surface area contributed by atoms with Gasteiger partial charge in [0.15, 0.2) is 0 Å². The summed E-state index contributed by atoms with van der Waals surface area (Å²) in [7, 11) is 1.85. The summed E-state index contributed by atoms with van der Waals surface area (Å²) in [6.45, 7) is 2.49. The number of nitrogens with two attached hydrogens (primary N) is 1. The predicted molar refractivity (Wildman–Crippen MR) is 80.8 cm³/mol. The van der Waals surface area contributed by atoms with Crippen molar-refractivity contribution in [3.63, 3.8) is 0 Å². The second-order valence-corrected chi connectivity index (χ2v) is 4.58. The Labute approximate surface area is 122 Å². The van der Waals surface area contributed by atoms with Crippen LogP contribution in [-0.2, 0) is 20.0 Å². The maximum absolute atomic E-state index is 11.2. The van der Waals surface area contributed by atoms with E-state index in [1.807, 2.05) is 20.2 Å². The van der Waals surface area contributed by atoms with E-state index in [1.165, 1.54) is 0 Å². The number of anilines is 2. The summed E-state index contributed by atoms with van der Waals surface area (Å²) < 4.78 is 1.74. The molecule has 1 aromatic carbocycles. The van der Waals surface area contributed by atoms with E-state index in [0.717, 1.165) is 17.7 Å². The Kier molecular flexibility index (Phi) is 4.39. The Balaban J connectivity index is 2.25. The molecule has 2 rings (SSSR count). The van der Waals surface area contributed by atoms with Gasteiger partial charge in [0.2, 0.25) is 0 Å². The minimum absolute atomic E-state index is 0.0676. The zero-order valence-electron chi connectivity index (χ0n) is 12.0. The van der Waals surface area contributed by atoms with E-state index < -0.39 is 4.92 Å². The van der Waals surface area contributed by atoms with Crippen LogP contribution in [0.4, 0.5) is 17.1 Å². The first kappa shape index (κ1) is 14.8.